The van der Waals surface area contributed by atoms with Crippen molar-refractivity contribution in [2.45, 2.75) is 13.1 Å². The highest BCUT2D eigenvalue weighted by atomic mass is 16.5. The van der Waals surface area contributed by atoms with E-state index in [1.54, 1.807) is 49.7 Å². The van der Waals surface area contributed by atoms with Crippen molar-refractivity contribution in [3.05, 3.63) is 104 Å². The first-order valence-corrected chi connectivity index (χ1v) is 9.63. The van der Waals surface area contributed by atoms with Gasteiger partial charge < -0.3 is 15.0 Å². The Balaban J connectivity index is 1.51. The molecular formula is C23H20N4O4. The Bertz CT molecular complexity index is 1360. The molecule has 0 unspecified atom stereocenters. The summed E-state index contributed by atoms with van der Waals surface area (Å²) < 4.78 is 6.62. The molecule has 8 nitrogen and oxygen atoms in total. The van der Waals surface area contributed by atoms with E-state index in [0.29, 0.717) is 29.0 Å². The molecule has 0 aliphatic heterocycles. The van der Waals surface area contributed by atoms with E-state index in [0.717, 1.165) is 11.1 Å². The molecule has 0 radical (unpaired) electrons. The van der Waals surface area contributed by atoms with E-state index >= 15 is 0 Å². The van der Waals surface area contributed by atoms with Crippen molar-refractivity contribution < 1.29 is 9.53 Å². The Kier molecular flexibility index (Phi) is 5.61. The van der Waals surface area contributed by atoms with Gasteiger partial charge in [-0.3, -0.25) is 19.0 Å². The molecule has 156 valence electrons. The van der Waals surface area contributed by atoms with Crippen LogP contribution in [0.15, 0.2) is 76.4 Å². The molecule has 1 amide bonds. The maximum atomic E-state index is 12.5. The summed E-state index contributed by atoms with van der Waals surface area (Å²) in [5.74, 6) is 0.486. The van der Waals surface area contributed by atoms with E-state index in [1.807, 2.05) is 24.3 Å². The summed E-state index contributed by atoms with van der Waals surface area (Å²) >= 11 is 0. The number of carbonyl (C=O) groups is 1. The summed E-state index contributed by atoms with van der Waals surface area (Å²) in [6, 6.07) is 17.7. The van der Waals surface area contributed by atoms with E-state index in [-0.39, 0.29) is 12.5 Å². The Morgan fingerprint density at radius 3 is 2.61 bits per heavy atom. The maximum absolute atomic E-state index is 12.5. The van der Waals surface area contributed by atoms with Crippen molar-refractivity contribution >= 4 is 17.1 Å². The number of hydrogen-bond donors (Lipinski definition) is 2. The third-order valence-electron chi connectivity index (χ3n) is 4.92. The first-order chi connectivity index (χ1) is 15.1. The first-order valence-electron chi connectivity index (χ1n) is 9.63. The molecular weight excluding hydrogens is 396 g/mol. The van der Waals surface area contributed by atoms with Crippen LogP contribution in [-0.2, 0) is 13.1 Å². The molecule has 2 aromatic carbocycles. The fraction of sp³-hybridized carbons (Fsp3) is 0.130. The standard InChI is InChI=1S/C23H20N4O4/c1-31-19-7-3-2-5-17(19)13-25-21(28)16-10-8-15(9-11-16)14-27-20-18(6-4-12-24-20)26-22(29)23(27)30/h2-12H,13-14H2,1H3,(H,25,28)(H,26,29). The van der Waals surface area contributed by atoms with Crippen molar-refractivity contribution in [3.8, 4) is 5.75 Å². The number of amides is 1. The van der Waals surface area contributed by atoms with Crippen molar-refractivity contribution in [1.82, 2.24) is 19.9 Å². The molecule has 0 spiro atoms. The predicted molar refractivity (Wildman–Crippen MR) is 116 cm³/mol. The van der Waals surface area contributed by atoms with Crippen molar-refractivity contribution in [2.75, 3.05) is 7.11 Å². The zero-order valence-corrected chi connectivity index (χ0v) is 16.8. The Morgan fingerprint density at radius 1 is 1.06 bits per heavy atom. The monoisotopic (exact) mass is 416 g/mol. The van der Waals surface area contributed by atoms with Crippen LogP contribution in [0.25, 0.3) is 11.2 Å². The molecule has 0 saturated carbocycles. The molecule has 0 aliphatic rings. The van der Waals surface area contributed by atoms with E-state index < -0.39 is 11.1 Å². The number of para-hydroxylation sites is 1. The summed E-state index contributed by atoms with van der Waals surface area (Å²) in [7, 11) is 1.59. The van der Waals surface area contributed by atoms with Gasteiger partial charge in [-0.2, -0.15) is 0 Å². The van der Waals surface area contributed by atoms with Crippen LogP contribution in [0.4, 0.5) is 0 Å². The highest BCUT2D eigenvalue weighted by molar-refractivity contribution is 5.94. The van der Waals surface area contributed by atoms with Gasteiger partial charge in [0.1, 0.15) is 5.75 Å². The minimum Gasteiger partial charge on any atom is -0.496 e. The summed E-state index contributed by atoms with van der Waals surface area (Å²) in [6.07, 6.45) is 1.56. The summed E-state index contributed by atoms with van der Waals surface area (Å²) in [6.45, 7) is 0.504. The molecule has 2 aromatic heterocycles. The molecule has 31 heavy (non-hydrogen) atoms. The third-order valence-corrected chi connectivity index (χ3v) is 4.92. The lowest BCUT2D eigenvalue weighted by molar-refractivity contribution is 0.0950. The molecule has 2 N–H and O–H groups in total. The molecule has 0 saturated heterocycles. The van der Waals surface area contributed by atoms with Crippen LogP contribution < -0.4 is 21.2 Å². The van der Waals surface area contributed by atoms with Gasteiger partial charge in [-0.25, -0.2) is 4.98 Å². The second kappa shape index (κ2) is 8.66. The fourth-order valence-electron chi connectivity index (χ4n) is 3.32. The van der Waals surface area contributed by atoms with Gasteiger partial charge in [-0.15, -0.1) is 0 Å². The summed E-state index contributed by atoms with van der Waals surface area (Å²) in [4.78, 5) is 43.5. The van der Waals surface area contributed by atoms with Crippen LogP contribution in [0, 0.1) is 0 Å². The summed E-state index contributed by atoms with van der Waals surface area (Å²) in [5, 5.41) is 2.87. The smallest absolute Gasteiger partial charge is 0.318 e. The second-order valence-electron chi connectivity index (χ2n) is 6.91. The van der Waals surface area contributed by atoms with Crippen LogP contribution in [0.2, 0.25) is 0 Å². The highest BCUT2D eigenvalue weighted by Crippen LogP contribution is 2.17. The van der Waals surface area contributed by atoms with Gasteiger partial charge in [0.15, 0.2) is 5.65 Å². The van der Waals surface area contributed by atoms with E-state index in [2.05, 4.69) is 15.3 Å². The Morgan fingerprint density at radius 2 is 1.84 bits per heavy atom. The number of ether oxygens (including phenoxy) is 1. The molecule has 4 aromatic rings. The van der Waals surface area contributed by atoms with Gasteiger partial charge in [-0.05, 0) is 35.9 Å². The minimum atomic E-state index is -0.701. The minimum absolute atomic E-state index is 0.166. The largest absolute Gasteiger partial charge is 0.496 e. The number of carbonyl (C=O) groups excluding carboxylic acids is 1. The fourth-order valence-corrected chi connectivity index (χ4v) is 3.32. The van der Waals surface area contributed by atoms with E-state index in [9.17, 15) is 14.4 Å². The molecule has 0 fully saturated rings. The second-order valence-corrected chi connectivity index (χ2v) is 6.91. The number of aromatic nitrogens is 3. The number of aromatic amines is 1. The van der Waals surface area contributed by atoms with Gasteiger partial charge in [0.2, 0.25) is 0 Å². The van der Waals surface area contributed by atoms with Crippen molar-refractivity contribution in [1.29, 1.82) is 0 Å². The van der Waals surface area contributed by atoms with Gasteiger partial charge >= 0.3 is 11.1 Å². The van der Waals surface area contributed by atoms with Gasteiger partial charge in [0.25, 0.3) is 5.91 Å². The number of pyridine rings is 1. The molecule has 4 rings (SSSR count). The normalized spacial score (nSPS) is 10.7. The first kappa shape index (κ1) is 20.1. The lowest BCUT2D eigenvalue weighted by Gasteiger charge is -2.11. The Labute approximate surface area is 177 Å². The number of hydrogen-bond acceptors (Lipinski definition) is 5. The van der Waals surface area contributed by atoms with Gasteiger partial charge in [0.05, 0.1) is 19.2 Å². The number of methoxy groups -OCH3 is 1. The molecule has 0 atom stereocenters. The number of nitrogens with one attached hydrogen (secondary N) is 2. The number of fused-ring (bicyclic) bond motifs is 1. The Hall–Kier alpha value is -4.20. The van der Waals surface area contributed by atoms with Crippen LogP contribution in [0.3, 0.4) is 0 Å². The molecule has 0 aliphatic carbocycles. The maximum Gasteiger partial charge on any atom is 0.318 e. The lowest BCUT2D eigenvalue weighted by Crippen LogP contribution is -2.36. The summed E-state index contributed by atoms with van der Waals surface area (Å²) in [5.41, 5.74) is 1.63. The van der Waals surface area contributed by atoms with Gasteiger partial charge in [-0.1, -0.05) is 30.3 Å². The third kappa shape index (κ3) is 4.23. The van der Waals surface area contributed by atoms with Crippen molar-refractivity contribution in [2.24, 2.45) is 0 Å². The van der Waals surface area contributed by atoms with Crippen molar-refractivity contribution in [3.63, 3.8) is 0 Å². The zero-order valence-electron chi connectivity index (χ0n) is 16.8. The average molecular weight is 416 g/mol. The average Bonchev–Trinajstić information content (AvgIpc) is 2.81. The molecule has 8 heteroatoms. The number of nitrogens with zero attached hydrogens (tertiary/aromatic N) is 2. The predicted octanol–water partition coefficient (Wildman–Crippen LogP) is 2.07. The highest BCUT2D eigenvalue weighted by Gasteiger charge is 2.11. The van der Waals surface area contributed by atoms with Gasteiger partial charge in [0, 0.05) is 23.9 Å². The van der Waals surface area contributed by atoms with Crippen LogP contribution in [0.5, 0.6) is 5.75 Å². The van der Waals surface area contributed by atoms with Crippen LogP contribution in [-0.4, -0.2) is 27.6 Å². The van der Waals surface area contributed by atoms with E-state index in [1.165, 1.54) is 4.57 Å². The number of benzene rings is 2. The molecule has 2 heterocycles. The zero-order chi connectivity index (χ0) is 21.8. The van der Waals surface area contributed by atoms with Crippen LogP contribution >= 0.6 is 0 Å². The number of rotatable bonds is 6. The van der Waals surface area contributed by atoms with Crippen LogP contribution in [0.1, 0.15) is 21.5 Å². The lowest BCUT2D eigenvalue weighted by atomic mass is 10.1. The SMILES string of the molecule is COc1ccccc1CNC(=O)c1ccc(Cn2c(=O)c(=O)[nH]c3cccnc32)cc1. The van der Waals surface area contributed by atoms with E-state index in [4.69, 9.17) is 4.74 Å². The number of H-pyrrole nitrogens is 1. The topological polar surface area (TPSA) is 106 Å². The molecule has 0 bridgehead atoms. The quantitative estimate of drug-likeness (QED) is 0.468.